The fraction of sp³-hybridized carbons (Fsp3) is 0.452. The van der Waals surface area contributed by atoms with Crippen LogP contribution in [0.2, 0.25) is 0 Å². The number of aliphatic imine (C=N–C) groups is 1. The summed E-state index contributed by atoms with van der Waals surface area (Å²) in [5.74, 6) is 0.532. The lowest BCUT2D eigenvalue weighted by molar-refractivity contribution is -0.151. The van der Waals surface area contributed by atoms with Gasteiger partial charge < -0.3 is 23.7 Å². The van der Waals surface area contributed by atoms with Gasteiger partial charge in [-0.25, -0.2) is 0 Å². The first-order chi connectivity index (χ1) is 18.8. The SMILES string of the molecule is CC[C@H](C)OC(=O)C1C(C)=NC2=C(C(=O)C[C@H](c3ccc(OC)c(OC)c3)C2)[C@H]1c1ccc(OC)cc1OC. The fourth-order valence-electron chi connectivity index (χ4n) is 5.47. The maximum atomic E-state index is 13.9. The van der Waals surface area contributed by atoms with E-state index in [-0.39, 0.29) is 24.2 Å². The molecule has 1 aliphatic heterocycles. The molecule has 0 fully saturated rings. The molecule has 0 saturated carbocycles. The van der Waals surface area contributed by atoms with Gasteiger partial charge in [0.15, 0.2) is 17.3 Å². The number of carbonyl (C=O) groups is 2. The van der Waals surface area contributed by atoms with Crippen LogP contribution in [0.25, 0.3) is 0 Å². The van der Waals surface area contributed by atoms with Gasteiger partial charge in [-0.3, -0.25) is 14.6 Å². The van der Waals surface area contributed by atoms with E-state index in [9.17, 15) is 9.59 Å². The van der Waals surface area contributed by atoms with Gasteiger partial charge in [0.25, 0.3) is 0 Å². The van der Waals surface area contributed by atoms with Gasteiger partial charge in [0, 0.05) is 41.0 Å². The Morgan fingerprint density at radius 1 is 0.949 bits per heavy atom. The Labute approximate surface area is 230 Å². The van der Waals surface area contributed by atoms with E-state index in [1.165, 1.54) is 0 Å². The highest BCUT2D eigenvalue weighted by atomic mass is 16.5. The lowest BCUT2D eigenvalue weighted by Crippen LogP contribution is -2.39. The number of ether oxygens (including phenoxy) is 5. The second-order valence-electron chi connectivity index (χ2n) is 9.98. The molecule has 1 aliphatic carbocycles. The van der Waals surface area contributed by atoms with Crippen molar-refractivity contribution >= 4 is 17.5 Å². The van der Waals surface area contributed by atoms with Gasteiger partial charge in [0.05, 0.1) is 34.5 Å². The van der Waals surface area contributed by atoms with Crippen molar-refractivity contribution in [3.63, 3.8) is 0 Å². The summed E-state index contributed by atoms with van der Waals surface area (Å²) in [4.78, 5) is 32.4. The number of esters is 1. The number of allylic oxidation sites excluding steroid dienone is 2. The third kappa shape index (κ3) is 5.51. The van der Waals surface area contributed by atoms with Crippen molar-refractivity contribution in [2.75, 3.05) is 28.4 Å². The van der Waals surface area contributed by atoms with E-state index >= 15 is 0 Å². The normalized spacial score (nSPS) is 21.5. The van der Waals surface area contributed by atoms with Crippen LogP contribution in [-0.2, 0) is 14.3 Å². The van der Waals surface area contributed by atoms with E-state index in [4.69, 9.17) is 28.7 Å². The average Bonchev–Trinajstić information content (AvgIpc) is 2.95. The van der Waals surface area contributed by atoms with E-state index in [0.717, 1.165) is 11.1 Å². The van der Waals surface area contributed by atoms with E-state index in [0.29, 0.717) is 52.8 Å². The van der Waals surface area contributed by atoms with Gasteiger partial charge in [-0.05, 0) is 56.4 Å². The highest BCUT2D eigenvalue weighted by Crippen LogP contribution is 2.49. The van der Waals surface area contributed by atoms with Gasteiger partial charge in [0.2, 0.25) is 0 Å². The third-order valence-corrected chi connectivity index (χ3v) is 7.69. The largest absolute Gasteiger partial charge is 0.497 e. The molecule has 0 aromatic heterocycles. The highest BCUT2D eigenvalue weighted by Gasteiger charge is 2.46. The van der Waals surface area contributed by atoms with Crippen molar-refractivity contribution in [2.24, 2.45) is 10.9 Å². The van der Waals surface area contributed by atoms with Crippen LogP contribution in [0.5, 0.6) is 23.0 Å². The Balaban J connectivity index is 1.82. The van der Waals surface area contributed by atoms with Crippen LogP contribution < -0.4 is 18.9 Å². The Morgan fingerprint density at radius 2 is 1.67 bits per heavy atom. The summed E-state index contributed by atoms with van der Waals surface area (Å²) in [5, 5.41) is 0. The Kier molecular flexibility index (Phi) is 8.63. The van der Waals surface area contributed by atoms with Crippen LogP contribution in [0.3, 0.4) is 0 Å². The molecule has 8 nitrogen and oxygen atoms in total. The summed E-state index contributed by atoms with van der Waals surface area (Å²) < 4.78 is 27.8. The zero-order chi connectivity index (χ0) is 28.3. The van der Waals surface area contributed by atoms with Gasteiger partial charge in [-0.1, -0.05) is 19.1 Å². The third-order valence-electron chi connectivity index (χ3n) is 7.69. The highest BCUT2D eigenvalue weighted by molar-refractivity contribution is 6.09. The number of hydrogen-bond donors (Lipinski definition) is 0. The molecule has 0 spiro atoms. The monoisotopic (exact) mass is 535 g/mol. The molecule has 0 N–H and O–H groups in total. The van der Waals surface area contributed by atoms with Crippen LogP contribution >= 0.6 is 0 Å². The summed E-state index contributed by atoms with van der Waals surface area (Å²) in [6, 6.07) is 11.2. The van der Waals surface area contributed by atoms with Gasteiger partial charge in [-0.15, -0.1) is 0 Å². The molecule has 39 heavy (non-hydrogen) atoms. The first-order valence-electron chi connectivity index (χ1n) is 13.2. The predicted molar refractivity (Wildman–Crippen MR) is 148 cm³/mol. The predicted octanol–water partition coefficient (Wildman–Crippen LogP) is 5.64. The number of benzene rings is 2. The van der Waals surface area contributed by atoms with Crippen molar-refractivity contribution in [2.45, 2.75) is 58.0 Å². The van der Waals surface area contributed by atoms with Crippen molar-refractivity contribution < 1.29 is 33.3 Å². The molecule has 1 unspecified atom stereocenters. The molecule has 8 heteroatoms. The van der Waals surface area contributed by atoms with Crippen molar-refractivity contribution in [1.29, 1.82) is 0 Å². The summed E-state index contributed by atoms with van der Waals surface area (Å²) >= 11 is 0. The number of Topliss-reactive ketones (excluding diaryl/α,β-unsaturated/α-hetero) is 1. The number of methoxy groups -OCH3 is 4. The molecule has 4 rings (SSSR count). The van der Waals surface area contributed by atoms with Crippen LogP contribution in [0, 0.1) is 5.92 Å². The molecular weight excluding hydrogens is 498 g/mol. The van der Waals surface area contributed by atoms with Gasteiger partial charge in [-0.2, -0.15) is 0 Å². The maximum Gasteiger partial charge on any atom is 0.315 e. The number of carbonyl (C=O) groups excluding carboxylic acids is 2. The second kappa shape index (κ2) is 11.9. The molecule has 1 heterocycles. The van der Waals surface area contributed by atoms with Crippen molar-refractivity contribution in [3.05, 3.63) is 58.8 Å². The molecule has 0 saturated heterocycles. The van der Waals surface area contributed by atoms with E-state index < -0.39 is 17.8 Å². The van der Waals surface area contributed by atoms with Gasteiger partial charge >= 0.3 is 5.97 Å². The lowest BCUT2D eigenvalue weighted by atomic mass is 9.69. The fourth-order valence-corrected chi connectivity index (χ4v) is 5.47. The van der Waals surface area contributed by atoms with Crippen molar-refractivity contribution in [3.8, 4) is 23.0 Å². The minimum Gasteiger partial charge on any atom is -0.497 e. The second-order valence-corrected chi connectivity index (χ2v) is 9.98. The quantitative estimate of drug-likeness (QED) is 0.384. The smallest absolute Gasteiger partial charge is 0.315 e. The summed E-state index contributed by atoms with van der Waals surface area (Å²) in [7, 11) is 6.33. The zero-order valence-corrected chi connectivity index (χ0v) is 23.7. The van der Waals surface area contributed by atoms with Crippen LogP contribution in [0.1, 0.15) is 63.0 Å². The minimum atomic E-state index is -0.748. The Morgan fingerprint density at radius 3 is 2.31 bits per heavy atom. The summed E-state index contributed by atoms with van der Waals surface area (Å²) in [6.45, 7) is 5.66. The Bertz CT molecular complexity index is 1310. The maximum absolute atomic E-state index is 13.9. The molecule has 0 radical (unpaired) electrons. The molecule has 0 bridgehead atoms. The summed E-state index contributed by atoms with van der Waals surface area (Å²) in [5.41, 5.74) is 3.55. The number of nitrogens with zero attached hydrogens (tertiary/aromatic N) is 1. The number of hydrogen-bond acceptors (Lipinski definition) is 8. The topological polar surface area (TPSA) is 92.7 Å². The number of ketones is 1. The van der Waals surface area contributed by atoms with E-state index in [2.05, 4.69) is 0 Å². The standard InChI is InChI=1S/C31H37NO7/c1-8-17(2)39-31(34)28-18(3)32-23-13-20(19-9-12-25(36-5)27(15-19)38-7)14-24(33)30(23)29(28)22-11-10-21(35-4)16-26(22)37-6/h9-12,15-17,20,28-29H,8,13-14H2,1-7H3/t17-,20+,28?,29-/m0/s1. The number of rotatable bonds is 9. The molecular formula is C31H37NO7. The molecule has 4 atom stereocenters. The molecule has 0 amide bonds. The zero-order valence-electron chi connectivity index (χ0n) is 23.7. The first kappa shape index (κ1) is 28.2. The molecule has 2 aromatic rings. The Hall–Kier alpha value is -3.81. The van der Waals surface area contributed by atoms with E-state index in [1.54, 1.807) is 34.5 Å². The van der Waals surface area contributed by atoms with Crippen molar-refractivity contribution in [1.82, 2.24) is 0 Å². The lowest BCUT2D eigenvalue weighted by Gasteiger charge is -2.37. The van der Waals surface area contributed by atoms with Crippen LogP contribution in [0.4, 0.5) is 0 Å². The molecule has 208 valence electrons. The van der Waals surface area contributed by atoms with Crippen LogP contribution in [0.15, 0.2) is 52.7 Å². The molecule has 2 aliphatic rings. The van der Waals surface area contributed by atoms with Crippen LogP contribution in [-0.4, -0.2) is 52.0 Å². The minimum absolute atomic E-state index is 0.0449. The first-order valence-corrected chi connectivity index (χ1v) is 13.2. The molecule has 2 aromatic carbocycles. The summed E-state index contributed by atoms with van der Waals surface area (Å²) in [6.07, 6.45) is 1.27. The average molecular weight is 536 g/mol. The van der Waals surface area contributed by atoms with Gasteiger partial charge in [0.1, 0.15) is 17.4 Å². The van der Waals surface area contributed by atoms with E-state index in [1.807, 2.05) is 51.1 Å².